The van der Waals surface area contributed by atoms with Crippen molar-refractivity contribution >= 4 is 58.0 Å². The van der Waals surface area contributed by atoms with E-state index in [4.69, 9.17) is 46.4 Å². The molecule has 1 saturated heterocycles. The molecule has 2 aromatic heterocycles. The van der Waals surface area contributed by atoms with Crippen LogP contribution in [-0.4, -0.2) is 33.9 Å². The SMILES string of the molecule is O=C(Nc1c(C2CCN(Cc3ccc(-c4ccc(F)cc4)cc3)CC2)nc(Cl)c(Cl)c1Cl)c1ccnc(Cl)c1. The average molecular weight is 604 g/mol. The number of carbonyl (C=O) groups is 1. The highest BCUT2D eigenvalue weighted by molar-refractivity contribution is 6.49. The van der Waals surface area contributed by atoms with Gasteiger partial charge in [0.05, 0.1) is 21.4 Å². The summed E-state index contributed by atoms with van der Waals surface area (Å²) < 4.78 is 13.2. The smallest absolute Gasteiger partial charge is 0.255 e. The second-order valence-corrected chi connectivity index (χ2v) is 10.9. The van der Waals surface area contributed by atoms with E-state index in [0.29, 0.717) is 16.9 Å². The van der Waals surface area contributed by atoms with Crippen LogP contribution in [0.25, 0.3) is 11.1 Å². The Balaban J connectivity index is 1.27. The largest absolute Gasteiger partial charge is 0.319 e. The fraction of sp³-hybridized carbons (Fsp3) is 0.207. The number of hydrogen-bond acceptors (Lipinski definition) is 4. The number of hydrogen-bond donors (Lipinski definition) is 1. The maximum atomic E-state index is 13.2. The van der Waals surface area contributed by atoms with Crippen molar-refractivity contribution in [3.8, 4) is 11.1 Å². The summed E-state index contributed by atoms with van der Waals surface area (Å²) in [6.45, 7) is 2.47. The van der Waals surface area contributed by atoms with Gasteiger partial charge in [-0.25, -0.2) is 14.4 Å². The van der Waals surface area contributed by atoms with Crippen LogP contribution in [0.3, 0.4) is 0 Å². The Morgan fingerprint density at radius 1 is 0.923 bits per heavy atom. The van der Waals surface area contributed by atoms with Crippen LogP contribution in [0.15, 0.2) is 66.9 Å². The molecule has 3 heterocycles. The molecule has 5 rings (SSSR count). The van der Waals surface area contributed by atoms with Crippen molar-refractivity contribution < 1.29 is 9.18 Å². The average Bonchev–Trinajstić information content (AvgIpc) is 2.94. The molecule has 1 amide bonds. The minimum atomic E-state index is -0.399. The Hall–Kier alpha value is -2.74. The molecule has 1 aliphatic heterocycles. The first-order chi connectivity index (χ1) is 18.8. The van der Waals surface area contributed by atoms with E-state index >= 15 is 0 Å². The van der Waals surface area contributed by atoms with Crippen LogP contribution in [0.2, 0.25) is 20.4 Å². The van der Waals surface area contributed by atoms with E-state index in [0.717, 1.165) is 43.6 Å². The van der Waals surface area contributed by atoms with Gasteiger partial charge in [0.2, 0.25) is 0 Å². The lowest BCUT2D eigenvalue weighted by Gasteiger charge is -2.32. The second-order valence-electron chi connectivity index (χ2n) is 9.37. The Morgan fingerprint density at radius 2 is 1.56 bits per heavy atom. The predicted octanol–water partition coefficient (Wildman–Crippen LogP) is 8.53. The molecular weight excluding hydrogens is 581 g/mol. The van der Waals surface area contributed by atoms with Crippen molar-refractivity contribution in [2.45, 2.75) is 25.3 Å². The molecule has 0 aliphatic carbocycles. The van der Waals surface area contributed by atoms with Crippen LogP contribution < -0.4 is 5.32 Å². The van der Waals surface area contributed by atoms with Gasteiger partial charge in [0, 0.05) is 24.2 Å². The third-order valence-corrected chi connectivity index (χ3v) is 8.23. The highest BCUT2D eigenvalue weighted by atomic mass is 35.5. The Morgan fingerprint density at radius 3 is 2.21 bits per heavy atom. The molecule has 10 heteroatoms. The monoisotopic (exact) mass is 602 g/mol. The molecule has 200 valence electrons. The second kappa shape index (κ2) is 12.2. The third-order valence-electron chi connectivity index (χ3n) is 6.81. The lowest BCUT2D eigenvalue weighted by Crippen LogP contribution is -2.33. The van der Waals surface area contributed by atoms with E-state index in [-0.39, 0.29) is 32.1 Å². The molecular formula is C29H23Cl4FN4O. The highest BCUT2D eigenvalue weighted by Crippen LogP contribution is 2.42. The van der Waals surface area contributed by atoms with E-state index in [1.165, 1.54) is 30.0 Å². The molecule has 0 bridgehead atoms. The maximum absolute atomic E-state index is 13.2. The molecule has 2 aromatic carbocycles. The number of nitrogens with zero attached hydrogens (tertiary/aromatic N) is 3. The van der Waals surface area contributed by atoms with Crippen LogP contribution in [0.5, 0.6) is 0 Å². The van der Waals surface area contributed by atoms with Gasteiger partial charge in [0.25, 0.3) is 5.91 Å². The molecule has 1 fully saturated rings. The third kappa shape index (κ3) is 6.53. The number of amides is 1. The molecule has 39 heavy (non-hydrogen) atoms. The Labute approximate surface area is 245 Å². The van der Waals surface area contributed by atoms with Crippen LogP contribution in [-0.2, 0) is 6.54 Å². The standard InChI is InChI=1S/C29H23Cl4FN4O/c30-23-15-21(9-12-35-23)29(39)37-27-24(31)25(32)28(33)36-26(27)20-10-13-38(14-11-20)16-17-1-3-18(4-2-17)19-5-7-22(34)8-6-19/h1-9,12,15,20H,10-11,13-14,16H2,(H,37,39). The van der Waals surface area contributed by atoms with E-state index in [1.807, 2.05) is 0 Å². The van der Waals surface area contributed by atoms with E-state index in [9.17, 15) is 9.18 Å². The highest BCUT2D eigenvalue weighted by Gasteiger charge is 2.28. The summed E-state index contributed by atoms with van der Waals surface area (Å²) in [6.07, 6.45) is 3.07. The maximum Gasteiger partial charge on any atom is 0.255 e. The minimum absolute atomic E-state index is 0.0331. The summed E-state index contributed by atoms with van der Waals surface area (Å²) in [5.74, 6) is -0.611. The number of carbonyl (C=O) groups excluding carboxylic acids is 1. The van der Waals surface area contributed by atoms with Crippen LogP contribution in [0, 0.1) is 5.82 Å². The zero-order chi connectivity index (χ0) is 27.5. The number of nitrogens with one attached hydrogen (secondary N) is 1. The summed E-state index contributed by atoms with van der Waals surface area (Å²) in [5, 5.41) is 3.42. The minimum Gasteiger partial charge on any atom is -0.319 e. The summed E-state index contributed by atoms with van der Waals surface area (Å²) in [7, 11) is 0. The van der Waals surface area contributed by atoms with Gasteiger partial charge in [-0.1, -0.05) is 82.8 Å². The molecule has 0 spiro atoms. The number of piperidine rings is 1. The number of aromatic nitrogens is 2. The van der Waals surface area contributed by atoms with Gasteiger partial charge in [-0.2, -0.15) is 0 Å². The number of anilines is 1. The fourth-order valence-corrected chi connectivity index (χ4v) is 5.51. The zero-order valence-electron chi connectivity index (χ0n) is 20.6. The molecule has 0 saturated carbocycles. The van der Waals surface area contributed by atoms with E-state index < -0.39 is 5.91 Å². The molecule has 1 N–H and O–H groups in total. The van der Waals surface area contributed by atoms with Gasteiger partial charge in [0.15, 0.2) is 0 Å². The van der Waals surface area contributed by atoms with Gasteiger partial charge in [-0.15, -0.1) is 0 Å². The molecule has 0 atom stereocenters. The first-order valence-corrected chi connectivity index (χ1v) is 13.8. The van der Waals surface area contributed by atoms with Crippen molar-refractivity contribution in [2.24, 2.45) is 0 Å². The van der Waals surface area contributed by atoms with Crippen LogP contribution in [0.1, 0.15) is 40.4 Å². The van der Waals surface area contributed by atoms with Crippen LogP contribution >= 0.6 is 46.4 Å². The van der Waals surface area contributed by atoms with Crippen LogP contribution in [0.4, 0.5) is 10.1 Å². The number of halogens is 5. The lowest BCUT2D eigenvalue weighted by atomic mass is 9.91. The first-order valence-electron chi connectivity index (χ1n) is 12.3. The molecule has 4 aromatic rings. The number of likely N-dealkylation sites (tertiary alicyclic amines) is 1. The molecule has 0 radical (unpaired) electrons. The zero-order valence-corrected chi connectivity index (χ0v) is 23.6. The predicted molar refractivity (Wildman–Crippen MR) is 156 cm³/mol. The van der Waals surface area contributed by atoms with Crippen molar-refractivity contribution in [3.05, 3.63) is 110 Å². The number of benzene rings is 2. The van der Waals surface area contributed by atoms with Gasteiger partial charge >= 0.3 is 0 Å². The summed E-state index contributed by atoms with van der Waals surface area (Å²) >= 11 is 25.1. The van der Waals surface area contributed by atoms with Crippen molar-refractivity contribution in [2.75, 3.05) is 18.4 Å². The van der Waals surface area contributed by atoms with Crippen molar-refractivity contribution in [1.29, 1.82) is 0 Å². The van der Waals surface area contributed by atoms with Gasteiger partial charge in [-0.3, -0.25) is 9.69 Å². The van der Waals surface area contributed by atoms with Gasteiger partial charge in [-0.05, 0) is 66.9 Å². The van der Waals surface area contributed by atoms with Gasteiger partial charge in [0.1, 0.15) is 16.1 Å². The summed E-state index contributed by atoms with van der Waals surface area (Å²) in [5.41, 5.74) is 4.53. The molecule has 0 unspecified atom stereocenters. The summed E-state index contributed by atoms with van der Waals surface area (Å²) in [6, 6.07) is 17.8. The summed E-state index contributed by atoms with van der Waals surface area (Å²) in [4.78, 5) is 23.8. The fourth-order valence-electron chi connectivity index (χ4n) is 4.73. The first kappa shape index (κ1) is 27.8. The lowest BCUT2D eigenvalue weighted by molar-refractivity contribution is 0.102. The Kier molecular flexibility index (Phi) is 8.70. The Bertz CT molecular complexity index is 1490. The van der Waals surface area contributed by atoms with E-state index in [1.54, 1.807) is 18.2 Å². The number of rotatable bonds is 6. The molecule has 1 aliphatic rings. The quantitative estimate of drug-likeness (QED) is 0.224. The topological polar surface area (TPSA) is 58.1 Å². The van der Waals surface area contributed by atoms with Crippen molar-refractivity contribution in [3.63, 3.8) is 0 Å². The van der Waals surface area contributed by atoms with Gasteiger partial charge < -0.3 is 5.32 Å². The number of pyridine rings is 2. The molecule has 5 nitrogen and oxygen atoms in total. The van der Waals surface area contributed by atoms with E-state index in [2.05, 4.69) is 44.5 Å². The van der Waals surface area contributed by atoms with Crippen molar-refractivity contribution in [1.82, 2.24) is 14.9 Å². The normalized spacial score (nSPS) is 14.4.